The Morgan fingerprint density at radius 3 is 1.87 bits per heavy atom. The molecule has 0 aromatic carbocycles. The van der Waals surface area contributed by atoms with E-state index in [1.807, 2.05) is 0 Å². The summed E-state index contributed by atoms with van der Waals surface area (Å²) in [7, 11) is 0. The van der Waals surface area contributed by atoms with Gasteiger partial charge in [-0.25, -0.2) is 0 Å². The van der Waals surface area contributed by atoms with Gasteiger partial charge in [-0.05, 0) is 13.3 Å². The number of primary amides is 2. The predicted molar refractivity (Wildman–Crippen MR) is 60.6 cm³/mol. The zero-order valence-electron chi connectivity index (χ0n) is 8.74. The van der Waals surface area contributed by atoms with Crippen LogP contribution in [0.3, 0.4) is 0 Å². The van der Waals surface area contributed by atoms with Crippen LogP contribution in [-0.2, 0) is 9.59 Å². The van der Waals surface area contributed by atoms with Gasteiger partial charge in [-0.15, -0.1) is 23.2 Å². The van der Waals surface area contributed by atoms with E-state index in [1.165, 1.54) is 0 Å². The lowest BCUT2D eigenvalue weighted by Crippen LogP contribution is -2.38. The van der Waals surface area contributed by atoms with Crippen LogP contribution >= 0.6 is 23.2 Å². The van der Waals surface area contributed by atoms with Crippen LogP contribution < -0.4 is 11.5 Å². The Bertz CT molecular complexity index is 246. The van der Waals surface area contributed by atoms with Gasteiger partial charge < -0.3 is 11.5 Å². The molecular weight excluding hydrogens is 239 g/mol. The smallest absolute Gasteiger partial charge is 0.221 e. The number of rotatable bonds is 6. The molecule has 0 saturated heterocycles. The van der Waals surface area contributed by atoms with Crippen molar-refractivity contribution >= 4 is 35.0 Å². The molecule has 4 atom stereocenters. The van der Waals surface area contributed by atoms with E-state index in [1.54, 1.807) is 13.8 Å². The Morgan fingerprint density at radius 2 is 1.60 bits per heavy atom. The van der Waals surface area contributed by atoms with Crippen LogP contribution in [0.2, 0.25) is 0 Å². The Kier molecular flexibility index (Phi) is 5.98. The van der Waals surface area contributed by atoms with Gasteiger partial charge in [0.1, 0.15) is 0 Å². The molecule has 4 N–H and O–H groups in total. The second-order valence-electron chi connectivity index (χ2n) is 3.63. The summed E-state index contributed by atoms with van der Waals surface area (Å²) >= 11 is 11.7. The van der Waals surface area contributed by atoms with Crippen LogP contribution in [0.1, 0.15) is 20.3 Å². The number of nitrogens with two attached hydrogens (primary N) is 2. The minimum Gasteiger partial charge on any atom is -0.369 e. The van der Waals surface area contributed by atoms with E-state index in [4.69, 9.17) is 34.7 Å². The molecule has 0 aromatic rings. The first-order valence-electron chi connectivity index (χ1n) is 4.64. The molecule has 0 spiro atoms. The normalized spacial score (nSPS) is 18.9. The van der Waals surface area contributed by atoms with Crippen molar-refractivity contribution in [1.82, 2.24) is 0 Å². The molecule has 2 amide bonds. The molecule has 0 heterocycles. The molecule has 88 valence electrons. The molecule has 0 rings (SSSR count). The summed E-state index contributed by atoms with van der Waals surface area (Å²) in [5.41, 5.74) is 10.3. The van der Waals surface area contributed by atoms with Gasteiger partial charge in [0, 0.05) is 11.3 Å². The third-order valence-electron chi connectivity index (χ3n) is 2.40. The predicted octanol–water partition coefficient (Wildman–Crippen LogP) is 0.834. The lowest BCUT2D eigenvalue weighted by atomic mass is 9.88. The molecule has 0 aliphatic carbocycles. The first-order valence-corrected chi connectivity index (χ1v) is 5.51. The highest BCUT2D eigenvalue weighted by atomic mass is 35.5. The van der Waals surface area contributed by atoms with E-state index in [0.29, 0.717) is 0 Å². The number of alkyl halides is 2. The van der Waals surface area contributed by atoms with Crippen molar-refractivity contribution in [2.75, 3.05) is 0 Å². The first kappa shape index (κ1) is 14.5. The van der Waals surface area contributed by atoms with E-state index in [2.05, 4.69) is 0 Å². The fourth-order valence-electron chi connectivity index (χ4n) is 1.20. The summed E-state index contributed by atoms with van der Waals surface area (Å²) in [6.45, 7) is 3.27. The topological polar surface area (TPSA) is 86.2 Å². The van der Waals surface area contributed by atoms with Gasteiger partial charge in [0.2, 0.25) is 11.8 Å². The van der Waals surface area contributed by atoms with E-state index in [9.17, 15) is 9.59 Å². The first-order chi connectivity index (χ1) is 6.77. The number of hydrogen-bond donors (Lipinski definition) is 2. The molecule has 0 radical (unpaired) electrons. The highest BCUT2D eigenvalue weighted by Crippen LogP contribution is 2.23. The maximum Gasteiger partial charge on any atom is 0.221 e. The number of carbonyl (C=O) groups is 2. The molecule has 0 aliphatic rings. The summed E-state index contributed by atoms with van der Waals surface area (Å²) in [4.78, 5) is 22.1. The summed E-state index contributed by atoms with van der Waals surface area (Å²) in [6.07, 6.45) is 0.256. The molecular formula is C9H16Cl2N2O2. The average Bonchev–Trinajstić information content (AvgIpc) is 2.11. The maximum absolute atomic E-state index is 11.1. The molecule has 4 unspecified atom stereocenters. The lowest BCUT2D eigenvalue weighted by Gasteiger charge is -2.21. The molecule has 0 aliphatic heterocycles. The van der Waals surface area contributed by atoms with Crippen molar-refractivity contribution in [2.45, 2.75) is 31.0 Å². The second kappa shape index (κ2) is 6.18. The zero-order valence-corrected chi connectivity index (χ0v) is 10.3. The van der Waals surface area contributed by atoms with Gasteiger partial charge in [-0.3, -0.25) is 9.59 Å². The fourth-order valence-corrected chi connectivity index (χ4v) is 1.49. The SMILES string of the molecule is CC(Cl)C(Cl)CC(C(N)=O)C(C)C(N)=O. The zero-order chi connectivity index (χ0) is 12.2. The van der Waals surface area contributed by atoms with Crippen molar-refractivity contribution in [3.8, 4) is 0 Å². The minimum absolute atomic E-state index is 0.256. The van der Waals surface area contributed by atoms with Crippen molar-refractivity contribution in [3.05, 3.63) is 0 Å². The third-order valence-corrected chi connectivity index (χ3v) is 3.38. The highest BCUT2D eigenvalue weighted by molar-refractivity contribution is 6.29. The van der Waals surface area contributed by atoms with Crippen LogP contribution in [0, 0.1) is 11.8 Å². The molecule has 0 saturated carbocycles. The maximum atomic E-state index is 11.1. The summed E-state index contributed by atoms with van der Waals surface area (Å²) in [5.74, 6) is -2.43. The molecule has 0 bridgehead atoms. The highest BCUT2D eigenvalue weighted by Gasteiger charge is 2.30. The molecule has 0 aromatic heterocycles. The Balaban J connectivity index is 4.55. The quantitative estimate of drug-likeness (QED) is 0.689. The standard InChI is InChI=1S/C9H16Cl2N2O2/c1-4(8(12)14)6(9(13)15)3-7(11)5(2)10/h4-7H,3H2,1-2H3,(H2,12,14)(H2,13,15). The van der Waals surface area contributed by atoms with Crippen molar-refractivity contribution in [3.63, 3.8) is 0 Å². The van der Waals surface area contributed by atoms with Crippen LogP contribution in [-0.4, -0.2) is 22.6 Å². The van der Waals surface area contributed by atoms with Gasteiger partial charge in [0.25, 0.3) is 0 Å². The Morgan fingerprint density at radius 1 is 1.13 bits per heavy atom. The molecule has 4 nitrogen and oxygen atoms in total. The molecule has 15 heavy (non-hydrogen) atoms. The monoisotopic (exact) mass is 254 g/mol. The van der Waals surface area contributed by atoms with Crippen molar-refractivity contribution in [2.24, 2.45) is 23.3 Å². The summed E-state index contributed by atoms with van der Waals surface area (Å²) < 4.78 is 0. The van der Waals surface area contributed by atoms with Gasteiger partial charge in [-0.1, -0.05) is 6.92 Å². The summed E-state index contributed by atoms with van der Waals surface area (Å²) in [6, 6.07) is 0. The number of carbonyl (C=O) groups excluding carboxylic acids is 2. The van der Waals surface area contributed by atoms with Gasteiger partial charge in [-0.2, -0.15) is 0 Å². The summed E-state index contributed by atoms with van der Waals surface area (Å²) in [5, 5.41) is -0.709. The van der Waals surface area contributed by atoms with E-state index >= 15 is 0 Å². The van der Waals surface area contributed by atoms with Crippen molar-refractivity contribution in [1.29, 1.82) is 0 Å². The van der Waals surface area contributed by atoms with Crippen molar-refractivity contribution < 1.29 is 9.59 Å². The van der Waals surface area contributed by atoms with E-state index < -0.39 is 29.0 Å². The minimum atomic E-state index is -0.661. The Labute approximate surface area is 99.3 Å². The molecule has 6 heteroatoms. The molecule has 0 fully saturated rings. The van der Waals surface area contributed by atoms with E-state index in [0.717, 1.165) is 0 Å². The fraction of sp³-hybridized carbons (Fsp3) is 0.778. The van der Waals surface area contributed by atoms with Gasteiger partial charge in [0.15, 0.2) is 0 Å². The van der Waals surface area contributed by atoms with Crippen LogP contribution in [0.25, 0.3) is 0 Å². The van der Waals surface area contributed by atoms with Crippen LogP contribution in [0.5, 0.6) is 0 Å². The van der Waals surface area contributed by atoms with Gasteiger partial charge in [0.05, 0.1) is 11.3 Å². The Hall–Kier alpha value is -0.480. The number of hydrogen-bond acceptors (Lipinski definition) is 2. The largest absolute Gasteiger partial charge is 0.369 e. The van der Waals surface area contributed by atoms with Crippen LogP contribution in [0.15, 0.2) is 0 Å². The average molecular weight is 255 g/mol. The van der Waals surface area contributed by atoms with E-state index in [-0.39, 0.29) is 11.8 Å². The lowest BCUT2D eigenvalue weighted by molar-refractivity contribution is -0.131. The van der Waals surface area contributed by atoms with Gasteiger partial charge >= 0.3 is 0 Å². The number of amides is 2. The van der Waals surface area contributed by atoms with Crippen LogP contribution in [0.4, 0.5) is 0 Å². The number of halogens is 2. The second-order valence-corrected chi connectivity index (χ2v) is 4.88. The third kappa shape index (κ3) is 4.71.